The molecular formula is C14H15ClN5O4P. The van der Waals surface area contributed by atoms with E-state index in [1.54, 1.807) is 10.9 Å². The lowest BCUT2D eigenvalue weighted by molar-refractivity contribution is 0.144. The van der Waals surface area contributed by atoms with Crippen molar-refractivity contribution >= 4 is 36.3 Å². The van der Waals surface area contributed by atoms with E-state index in [-0.39, 0.29) is 17.7 Å². The van der Waals surface area contributed by atoms with E-state index < -0.39 is 13.9 Å². The predicted octanol–water partition coefficient (Wildman–Crippen LogP) is 1.76. The maximum atomic E-state index is 10.9. The summed E-state index contributed by atoms with van der Waals surface area (Å²) in [7, 11) is -4.20. The van der Waals surface area contributed by atoms with Gasteiger partial charge in [-0.2, -0.15) is 9.97 Å². The number of ether oxygens (including phenoxy) is 1. The lowest BCUT2D eigenvalue weighted by Crippen LogP contribution is -2.06. The molecule has 1 aromatic carbocycles. The van der Waals surface area contributed by atoms with Crippen molar-refractivity contribution in [3.8, 4) is 0 Å². The minimum atomic E-state index is -4.20. The molecule has 3 rings (SSSR count). The van der Waals surface area contributed by atoms with Gasteiger partial charge in [0.1, 0.15) is 11.9 Å². The highest BCUT2D eigenvalue weighted by Gasteiger charge is 2.15. The predicted molar refractivity (Wildman–Crippen MR) is 92.0 cm³/mol. The molecule has 25 heavy (non-hydrogen) atoms. The zero-order valence-corrected chi connectivity index (χ0v) is 14.6. The summed E-state index contributed by atoms with van der Waals surface area (Å²) in [5.74, 6) is 0.0533. The highest BCUT2D eigenvalue weighted by Crippen LogP contribution is 2.34. The van der Waals surface area contributed by atoms with Crippen molar-refractivity contribution in [3.05, 3.63) is 46.9 Å². The molecule has 9 nitrogen and oxygen atoms in total. The van der Waals surface area contributed by atoms with E-state index in [1.165, 1.54) is 0 Å². The average Bonchev–Trinajstić information content (AvgIpc) is 2.91. The number of benzene rings is 1. The van der Waals surface area contributed by atoms with E-state index >= 15 is 0 Å². The average molecular weight is 384 g/mol. The first-order valence-electron chi connectivity index (χ1n) is 7.16. The minimum Gasteiger partial charge on any atom is -0.368 e. The molecular weight excluding hydrogens is 369 g/mol. The Hall–Kier alpha value is -2.03. The molecule has 0 radical (unpaired) electrons. The molecule has 4 N–H and O–H groups in total. The van der Waals surface area contributed by atoms with Crippen LogP contribution >= 0.6 is 19.2 Å². The fourth-order valence-electron chi connectivity index (χ4n) is 2.35. The van der Waals surface area contributed by atoms with Gasteiger partial charge in [0.25, 0.3) is 0 Å². The first kappa shape index (κ1) is 17.8. The van der Waals surface area contributed by atoms with Gasteiger partial charge in [0.05, 0.1) is 19.5 Å². The summed E-state index contributed by atoms with van der Waals surface area (Å²) in [6, 6.07) is 7.39. The number of halogens is 1. The Labute approximate surface area is 147 Å². The summed E-state index contributed by atoms with van der Waals surface area (Å²) in [6.45, 7) is 0.491. The number of nitrogens with zero attached hydrogens (tertiary/aromatic N) is 4. The molecule has 0 unspecified atom stereocenters. The molecule has 3 aromatic rings. The van der Waals surface area contributed by atoms with Crippen LogP contribution in [0.5, 0.6) is 0 Å². The molecule has 0 aliphatic heterocycles. The van der Waals surface area contributed by atoms with Crippen molar-refractivity contribution in [2.45, 2.75) is 13.2 Å². The molecule has 132 valence electrons. The zero-order valence-electron chi connectivity index (χ0n) is 12.9. The number of fused-ring (bicyclic) bond motifs is 1. The van der Waals surface area contributed by atoms with Crippen LogP contribution in [-0.2, 0) is 22.5 Å². The number of anilines is 1. The van der Waals surface area contributed by atoms with Gasteiger partial charge < -0.3 is 24.8 Å². The Morgan fingerprint density at radius 3 is 2.68 bits per heavy atom. The Bertz CT molecular complexity index is 958. The van der Waals surface area contributed by atoms with E-state index in [9.17, 15) is 4.57 Å². The second-order valence-electron chi connectivity index (χ2n) is 5.33. The molecule has 2 aromatic heterocycles. The number of hydrogen-bond acceptors (Lipinski definition) is 6. The summed E-state index contributed by atoms with van der Waals surface area (Å²) in [5.41, 5.74) is 8.28. The molecule has 0 bridgehead atoms. The molecule has 0 aliphatic carbocycles. The molecule has 0 spiro atoms. The second kappa shape index (κ2) is 7.07. The fraction of sp³-hybridized carbons (Fsp3) is 0.214. The Kier molecular flexibility index (Phi) is 5.03. The molecule has 0 fully saturated rings. The largest absolute Gasteiger partial charge is 0.368 e. The van der Waals surface area contributed by atoms with Crippen LogP contribution in [-0.4, -0.2) is 35.7 Å². The summed E-state index contributed by atoms with van der Waals surface area (Å²) in [5, 5.41) is 0.180. The van der Waals surface area contributed by atoms with Crippen molar-refractivity contribution in [2.75, 3.05) is 12.1 Å². The van der Waals surface area contributed by atoms with Crippen LogP contribution in [0.25, 0.3) is 11.2 Å². The van der Waals surface area contributed by atoms with Gasteiger partial charge in [-0.25, -0.2) is 4.98 Å². The smallest absolute Gasteiger partial charge is 0.350 e. The van der Waals surface area contributed by atoms with Crippen molar-refractivity contribution < 1.29 is 19.1 Å². The molecule has 0 aliphatic rings. The van der Waals surface area contributed by atoms with Crippen molar-refractivity contribution in [2.24, 2.45) is 0 Å². The number of aromatic nitrogens is 4. The lowest BCUT2D eigenvalue weighted by atomic mass is 10.1. The standard InChI is InChI=1S/C14H15ClN5O4P/c15-12-11-13(19-14(16)18-12)20(7-17-11)5-9-3-1-2-4-10(9)6-24-8-25(21,22)23/h1-4,7H,5-6,8H2,(H2,16,18,19)(H2,21,22,23). The maximum Gasteiger partial charge on any atom is 0.350 e. The summed E-state index contributed by atoms with van der Waals surface area (Å²) in [6.07, 6.45) is 0.951. The third-order valence-electron chi connectivity index (χ3n) is 3.41. The van der Waals surface area contributed by atoms with Crippen LogP contribution in [0.4, 0.5) is 5.95 Å². The van der Waals surface area contributed by atoms with Crippen LogP contribution in [0.3, 0.4) is 0 Å². The van der Waals surface area contributed by atoms with Gasteiger partial charge in [0.2, 0.25) is 5.95 Å². The third-order valence-corrected chi connectivity index (χ3v) is 4.20. The number of imidazole rings is 1. The first-order chi connectivity index (χ1) is 11.8. The van der Waals surface area contributed by atoms with Crippen molar-refractivity contribution in [3.63, 3.8) is 0 Å². The van der Waals surface area contributed by atoms with E-state index in [2.05, 4.69) is 15.0 Å². The zero-order chi connectivity index (χ0) is 18.0. The maximum absolute atomic E-state index is 10.9. The van der Waals surface area contributed by atoms with Gasteiger partial charge >= 0.3 is 7.60 Å². The second-order valence-corrected chi connectivity index (χ2v) is 7.27. The van der Waals surface area contributed by atoms with Crippen LogP contribution in [0, 0.1) is 0 Å². The normalized spacial score (nSPS) is 12.0. The van der Waals surface area contributed by atoms with Crippen molar-refractivity contribution in [1.82, 2.24) is 19.5 Å². The first-order valence-corrected chi connectivity index (χ1v) is 9.34. The third kappa shape index (κ3) is 4.33. The quantitative estimate of drug-likeness (QED) is 0.432. The van der Waals surface area contributed by atoms with Gasteiger partial charge in [0, 0.05) is 0 Å². The number of hydrogen-bond donors (Lipinski definition) is 3. The number of rotatable bonds is 6. The lowest BCUT2D eigenvalue weighted by Gasteiger charge is -2.11. The number of nitrogen functional groups attached to an aromatic ring is 1. The topological polar surface area (TPSA) is 136 Å². The Morgan fingerprint density at radius 1 is 1.24 bits per heavy atom. The summed E-state index contributed by atoms with van der Waals surface area (Å²) < 4.78 is 17.8. The minimum absolute atomic E-state index is 0.0533. The van der Waals surface area contributed by atoms with E-state index in [0.29, 0.717) is 17.7 Å². The van der Waals surface area contributed by atoms with Gasteiger partial charge in [-0.15, -0.1) is 0 Å². The van der Waals surface area contributed by atoms with Gasteiger partial charge in [-0.1, -0.05) is 35.9 Å². The van der Waals surface area contributed by atoms with Crippen LogP contribution in [0.2, 0.25) is 5.15 Å². The summed E-state index contributed by atoms with van der Waals surface area (Å²) in [4.78, 5) is 30.0. The van der Waals surface area contributed by atoms with Crippen molar-refractivity contribution in [1.29, 1.82) is 0 Å². The highest BCUT2D eigenvalue weighted by molar-refractivity contribution is 7.51. The van der Waals surface area contributed by atoms with E-state index in [1.807, 2.05) is 24.3 Å². The molecule has 0 saturated carbocycles. The molecule has 0 amide bonds. The molecule has 0 atom stereocenters. The van der Waals surface area contributed by atoms with Crippen LogP contribution < -0.4 is 5.73 Å². The molecule has 11 heteroatoms. The van der Waals surface area contributed by atoms with E-state index in [0.717, 1.165) is 11.1 Å². The van der Waals surface area contributed by atoms with Crippen LogP contribution in [0.1, 0.15) is 11.1 Å². The monoisotopic (exact) mass is 383 g/mol. The molecule has 2 heterocycles. The number of nitrogens with two attached hydrogens (primary N) is 1. The SMILES string of the molecule is Nc1nc(Cl)c2ncn(Cc3ccccc3COCP(=O)(O)O)c2n1. The fourth-order valence-corrected chi connectivity index (χ4v) is 2.90. The van der Waals surface area contributed by atoms with Gasteiger partial charge in [0.15, 0.2) is 10.8 Å². The van der Waals surface area contributed by atoms with Gasteiger partial charge in [-0.3, -0.25) is 4.57 Å². The van der Waals surface area contributed by atoms with Crippen LogP contribution in [0.15, 0.2) is 30.6 Å². The Balaban J connectivity index is 1.85. The molecule has 0 saturated heterocycles. The summed E-state index contributed by atoms with van der Waals surface area (Å²) >= 11 is 6.02. The highest BCUT2D eigenvalue weighted by atomic mass is 35.5. The Morgan fingerprint density at radius 2 is 1.96 bits per heavy atom. The van der Waals surface area contributed by atoms with E-state index in [4.69, 9.17) is 31.9 Å². The van der Waals surface area contributed by atoms with Gasteiger partial charge in [-0.05, 0) is 11.1 Å².